The van der Waals surface area contributed by atoms with Gasteiger partial charge in [0.15, 0.2) is 22.2 Å². The highest BCUT2D eigenvalue weighted by Gasteiger charge is 2.26. The number of carbonyl (C=O) groups is 1. The predicted octanol–water partition coefficient (Wildman–Crippen LogP) is 6.85. The third-order valence-electron chi connectivity index (χ3n) is 5.55. The molecule has 6 heteroatoms. The lowest BCUT2D eigenvalue weighted by molar-refractivity contribution is 0.0960. The third-order valence-corrected chi connectivity index (χ3v) is 6.59. The topological polar surface area (TPSA) is 55.6 Å². The fraction of sp³-hybridized carbons (Fsp3) is 0.185. The van der Waals surface area contributed by atoms with Gasteiger partial charge in [0.25, 0.3) is 5.91 Å². The highest BCUT2D eigenvalue weighted by molar-refractivity contribution is 7.22. The van der Waals surface area contributed by atoms with Crippen molar-refractivity contribution in [1.29, 1.82) is 0 Å². The van der Waals surface area contributed by atoms with E-state index in [1.54, 1.807) is 11.0 Å². The van der Waals surface area contributed by atoms with Crippen LogP contribution >= 0.6 is 11.3 Å². The second-order valence-electron chi connectivity index (χ2n) is 7.71. The standard InChI is InChI=1S/C27H24N2O3S/c1-3-19-12-9-15-23-24(19)28-27(33-23)29(17-18-10-6-5-7-11-18)26(30)22-16-20-13-8-14-21(31-4-2)25(20)32-22/h5-16H,3-4,17H2,1-2H3. The molecule has 0 saturated carbocycles. The first-order chi connectivity index (χ1) is 16.2. The number of furan rings is 1. The smallest absolute Gasteiger partial charge is 0.296 e. The van der Waals surface area contributed by atoms with Gasteiger partial charge in [-0.05, 0) is 42.7 Å². The number of nitrogens with zero attached hydrogens (tertiary/aromatic N) is 2. The number of benzene rings is 3. The van der Waals surface area contributed by atoms with E-state index >= 15 is 0 Å². The van der Waals surface area contributed by atoms with Crippen LogP contribution < -0.4 is 9.64 Å². The van der Waals surface area contributed by atoms with Gasteiger partial charge in [-0.3, -0.25) is 9.69 Å². The number of anilines is 1. The first-order valence-electron chi connectivity index (χ1n) is 11.1. The van der Waals surface area contributed by atoms with E-state index in [0.29, 0.717) is 29.6 Å². The molecule has 166 valence electrons. The number of aromatic nitrogens is 1. The van der Waals surface area contributed by atoms with Gasteiger partial charge in [0.05, 0.1) is 23.4 Å². The molecule has 0 unspecified atom stereocenters. The van der Waals surface area contributed by atoms with Crippen molar-refractivity contribution in [3.8, 4) is 5.75 Å². The van der Waals surface area contributed by atoms with Crippen LogP contribution in [0.4, 0.5) is 5.13 Å². The number of rotatable bonds is 7. The van der Waals surface area contributed by atoms with Crippen molar-refractivity contribution in [3.63, 3.8) is 0 Å². The zero-order valence-electron chi connectivity index (χ0n) is 18.6. The van der Waals surface area contributed by atoms with Gasteiger partial charge in [-0.15, -0.1) is 0 Å². The van der Waals surface area contributed by atoms with Gasteiger partial charge in [0.2, 0.25) is 0 Å². The van der Waals surface area contributed by atoms with Crippen LogP contribution in [0.2, 0.25) is 0 Å². The Morgan fingerprint density at radius 2 is 1.85 bits per heavy atom. The highest BCUT2D eigenvalue weighted by Crippen LogP contribution is 2.34. The van der Waals surface area contributed by atoms with E-state index in [0.717, 1.165) is 27.6 Å². The lowest BCUT2D eigenvalue weighted by atomic mass is 10.1. The summed E-state index contributed by atoms with van der Waals surface area (Å²) in [6, 6.07) is 23.6. The zero-order valence-corrected chi connectivity index (χ0v) is 19.4. The van der Waals surface area contributed by atoms with Crippen LogP contribution in [0.1, 0.15) is 35.5 Å². The van der Waals surface area contributed by atoms with Crippen molar-refractivity contribution in [2.75, 3.05) is 11.5 Å². The van der Waals surface area contributed by atoms with Crippen molar-refractivity contribution >= 4 is 43.6 Å². The average Bonchev–Trinajstić information content (AvgIpc) is 3.48. The number of carbonyl (C=O) groups excluding carboxylic acids is 1. The lowest BCUT2D eigenvalue weighted by Gasteiger charge is -2.18. The molecule has 1 amide bonds. The molecule has 5 nitrogen and oxygen atoms in total. The second-order valence-corrected chi connectivity index (χ2v) is 8.72. The highest BCUT2D eigenvalue weighted by atomic mass is 32.1. The van der Waals surface area contributed by atoms with Crippen LogP contribution in [0, 0.1) is 0 Å². The first-order valence-corrected chi connectivity index (χ1v) is 11.9. The molecule has 0 atom stereocenters. The van der Waals surface area contributed by atoms with Crippen molar-refractivity contribution in [2.45, 2.75) is 26.8 Å². The third kappa shape index (κ3) is 4.10. The minimum absolute atomic E-state index is 0.227. The Morgan fingerprint density at radius 3 is 2.64 bits per heavy atom. The van der Waals surface area contributed by atoms with Crippen LogP contribution in [-0.4, -0.2) is 17.5 Å². The normalized spacial score (nSPS) is 11.2. The number of thiazole rings is 1. The molecule has 0 fully saturated rings. The molecule has 5 aromatic rings. The summed E-state index contributed by atoms with van der Waals surface area (Å²) in [5.74, 6) is 0.675. The Hall–Kier alpha value is -3.64. The van der Waals surface area contributed by atoms with E-state index in [1.165, 1.54) is 16.9 Å². The molecular weight excluding hydrogens is 432 g/mol. The van der Waals surface area contributed by atoms with Crippen molar-refractivity contribution < 1.29 is 13.9 Å². The molecule has 3 aromatic carbocycles. The van der Waals surface area contributed by atoms with Crippen molar-refractivity contribution in [2.24, 2.45) is 0 Å². The van der Waals surface area contributed by atoms with Crippen LogP contribution in [0.25, 0.3) is 21.2 Å². The Kier molecular flexibility index (Phi) is 5.84. The summed E-state index contributed by atoms with van der Waals surface area (Å²) in [5, 5.41) is 1.49. The molecule has 0 aliphatic heterocycles. The minimum Gasteiger partial charge on any atom is -0.490 e. The zero-order chi connectivity index (χ0) is 22.8. The molecule has 0 bridgehead atoms. The number of amides is 1. The average molecular weight is 457 g/mol. The summed E-state index contributed by atoms with van der Waals surface area (Å²) in [7, 11) is 0. The maximum absolute atomic E-state index is 13.8. The number of hydrogen-bond donors (Lipinski definition) is 0. The molecule has 0 saturated heterocycles. The molecule has 0 aliphatic carbocycles. The number of aryl methyl sites for hydroxylation is 1. The molecule has 0 radical (unpaired) electrons. The van der Waals surface area contributed by atoms with Gasteiger partial charge < -0.3 is 9.15 Å². The van der Waals surface area contributed by atoms with Crippen molar-refractivity contribution in [3.05, 3.63) is 89.7 Å². The summed E-state index contributed by atoms with van der Waals surface area (Å²) < 4.78 is 12.8. The fourth-order valence-corrected chi connectivity index (χ4v) is 4.94. The molecule has 0 aliphatic rings. The number of ether oxygens (including phenoxy) is 1. The van der Waals surface area contributed by atoms with Crippen LogP contribution in [0.5, 0.6) is 5.75 Å². The monoisotopic (exact) mass is 456 g/mol. The number of para-hydroxylation sites is 2. The van der Waals surface area contributed by atoms with Gasteiger partial charge >= 0.3 is 0 Å². The first kappa shape index (κ1) is 21.2. The SMILES string of the molecule is CCOc1cccc2cc(C(=O)N(Cc3ccccc3)c3nc4c(CC)cccc4s3)oc12. The van der Waals surface area contributed by atoms with Crippen LogP contribution in [0.3, 0.4) is 0 Å². The van der Waals surface area contributed by atoms with E-state index in [1.807, 2.05) is 61.5 Å². The Labute approximate surface area is 196 Å². The summed E-state index contributed by atoms with van der Waals surface area (Å²) in [5.41, 5.74) is 3.73. The van der Waals surface area contributed by atoms with Gasteiger partial charge in [0, 0.05) is 5.39 Å². The number of hydrogen-bond acceptors (Lipinski definition) is 5. The molecular formula is C27H24N2O3S. The van der Waals surface area contributed by atoms with Gasteiger partial charge in [0.1, 0.15) is 0 Å². The molecule has 33 heavy (non-hydrogen) atoms. The number of fused-ring (bicyclic) bond motifs is 2. The maximum atomic E-state index is 13.8. The lowest BCUT2D eigenvalue weighted by Crippen LogP contribution is -2.30. The minimum atomic E-state index is -0.227. The maximum Gasteiger partial charge on any atom is 0.296 e. The van der Waals surface area contributed by atoms with E-state index in [2.05, 4.69) is 19.1 Å². The summed E-state index contributed by atoms with van der Waals surface area (Å²) >= 11 is 1.52. The summed E-state index contributed by atoms with van der Waals surface area (Å²) in [6.45, 7) is 4.96. The van der Waals surface area contributed by atoms with Gasteiger partial charge in [-0.1, -0.05) is 72.9 Å². The second kappa shape index (κ2) is 9.08. The summed E-state index contributed by atoms with van der Waals surface area (Å²) in [6.07, 6.45) is 0.886. The van der Waals surface area contributed by atoms with Crippen molar-refractivity contribution in [1.82, 2.24) is 4.98 Å². The quantitative estimate of drug-likeness (QED) is 0.269. The van der Waals surface area contributed by atoms with Gasteiger partial charge in [-0.25, -0.2) is 4.98 Å². The Morgan fingerprint density at radius 1 is 1.03 bits per heavy atom. The Bertz CT molecular complexity index is 1420. The molecule has 0 spiro atoms. The fourth-order valence-electron chi connectivity index (χ4n) is 3.93. The van der Waals surface area contributed by atoms with Crippen LogP contribution in [0.15, 0.2) is 77.2 Å². The summed E-state index contributed by atoms with van der Waals surface area (Å²) in [4.78, 5) is 20.4. The Balaban J connectivity index is 1.59. The largest absolute Gasteiger partial charge is 0.490 e. The predicted molar refractivity (Wildman–Crippen MR) is 133 cm³/mol. The van der Waals surface area contributed by atoms with E-state index in [9.17, 15) is 4.79 Å². The molecule has 0 N–H and O–H groups in total. The van der Waals surface area contributed by atoms with Crippen LogP contribution in [-0.2, 0) is 13.0 Å². The van der Waals surface area contributed by atoms with E-state index < -0.39 is 0 Å². The van der Waals surface area contributed by atoms with E-state index in [4.69, 9.17) is 14.1 Å². The molecule has 2 aromatic heterocycles. The van der Waals surface area contributed by atoms with Gasteiger partial charge in [-0.2, -0.15) is 0 Å². The molecule has 2 heterocycles. The van der Waals surface area contributed by atoms with E-state index in [-0.39, 0.29) is 11.7 Å². The molecule has 5 rings (SSSR count).